The van der Waals surface area contributed by atoms with Crippen molar-refractivity contribution >= 4 is 35.3 Å². The van der Waals surface area contributed by atoms with Gasteiger partial charge in [0, 0.05) is 24.8 Å². The molecule has 0 unspecified atom stereocenters. The highest BCUT2D eigenvalue weighted by Crippen LogP contribution is 2.36. The van der Waals surface area contributed by atoms with Gasteiger partial charge in [0.25, 0.3) is 11.8 Å². The van der Waals surface area contributed by atoms with Crippen LogP contribution in [0.1, 0.15) is 5.56 Å². The molecule has 3 heterocycles. The number of barbiturate groups is 1. The summed E-state index contributed by atoms with van der Waals surface area (Å²) in [6.07, 6.45) is 1.52. The van der Waals surface area contributed by atoms with E-state index in [1.807, 2.05) is 24.3 Å². The van der Waals surface area contributed by atoms with Gasteiger partial charge < -0.3 is 19.1 Å². The van der Waals surface area contributed by atoms with E-state index in [2.05, 4.69) is 10.2 Å². The van der Waals surface area contributed by atoms with Crippen LogP contribution in [0.4, 0.5) is 16.2 Å². The molecular weight excluding hydrogens is 402 g/mol. The number of benzene rings is 2. The lowest BCUT2D eigenvalue weighted by atomic mass is 10.0. The summed E-state index contributed by atoms with van der Waals surface area (Å²) in [6, 6.07) is 11.4. The van der Waals surface area contributed by atoms with Crippen molar-refractivity contribution in [1.29, 1.82) is 0 Å². The molecule has 2 aromatic carbocycles. The van der Waals surface area contributed by atoms with Crippen LogP contribution < -0.4 is 24.6 Å². The molecule has 0 aliphatic carbocycles. The zero-order chi connectivity index (χ0) is 21.4. The molecule has 0 saturated carbocycles. The zero-order valence-corrected chi connectivity index (χ0v) is 16.5. The highest BCUT2D eigenvalue weighted by Gasteiger charge is 2.37. The molecule has 0 spiro atoms. The number of rotatable bonds is 3. The van der Waals surface area contributed by atoms with Crippen LogP contribution in [0.15, 0.2) is 48.0 Å². The molecule has 31 heavy (non-hydrogen) atoms. The maximum absolute atomic E-state index is 13.2. The number of fused-ring (bicyclic) bond motifs is 1. The van der Waals surface area contributed by atoms with E-state index in [-0.39, 0.29) is 18.1 Å². The van der Waals surface area contributed by atoms with Gasteiger partial charge in [0.15, 0.2) is 11.5 Å². The lowest BCUT2D eigenvalue weighted by Crippen LogP contribution is -2.54. The molecule has 9 heteroatoms. The Morgan fingerprint density at radius 2 is 1.71 bits per heavy atom. The lowest BCUT2D eigenvalue weighted by molar-refractivity contribution is -0.122. The number of carbonyl (C=O) groups is 3. The molecule has 0 radical (unpaired) electrons. The van der Waals surface area contributed by atoms with Gasteiger partial charge in [0.05, 0.1) is 18.9 Å². The molecule has 9 nitrogen and oxygen atoms in total. The monoisotopic (exact) mass is 421 g/mol. The van der Waals surface area contributed by atoms with Gasteiger partial charge in [-0.15, -0.1) is 0 Å². The van der Waals surface area contributed by atoms with Gasteiger partial charge in [-0.05, 0) is 29.8 Å². The van der Waals surface area contributed by atoms with Crippen molar-refractivity contribution in [1.82, 2.24) is 5.32 Å². The molecule has 1 N–H and O–H groups in total. The molecule has 0 bridgehead atoms. The topological polar surface area (TPSA) is 97.4 Å². The largest absolute Gasteiger partial charge is 0.454 e. The Labute approximate surface area is 177 Å². The van der Waals surface area contributed by atoms with E-state index in [9.17, 15) is 14.4 Å². The molecule has 3 aliphatic heterocycles. The Bertz CT molecular complexity index is 1110. The van der Waals surface area contributed by atoms with Gasteiger partial charge in [-0.2, -0.15) is 0 Å². The van der Waals surface area contributed by atoms with Crippen LogP contribution >= 0.6 is 0 Å². The van der Waals surface area contributed by atoms with Crippen molar-refractivity contribution in [2.45, 2.75) is 0 Å². The summed E-state index contributed by atoms with van der Waals surface area (Å²) in [5.41, 5.74) is 1.76. The Balaban J connectivity index is 1.51. The molecule has 2 fully saturated rings. The third-order valence-corrected chi connectivity index (χ3v) is 5.30. The van der Waals surface area contributed by atoms with Crippen molar-refractivity contribution in [3.8, 4) is 11.5 Å². The number of nitrogens with zero attached hydrogens (tertiary/aromatic N) is 2. The summed E-state index contributed by atoms with van der Waals surface area (Å²) in [6.45, 7) is 2.71. The average molecular weight is 421 g/mol. The fourth-order valence-electron chi connectivity index (χ4n) is 3.77. The number of morpholine rings is 1. The van der Waals surface area contributed by atoms with Gasteiger partial charge in [-0.25, -0.2) is 9.69 Å². The Kier molecular flexibility index (Phi) is 4.79. The van der Waals surface area contributed by atoms with Crippen molar-refractivity contribution in [2.75, 3.05) is 42.9 Å². The number of ether oxygens (including phenoxy) is 3. The van der Waals surface area contributed by atoms with Crippen LogP contribution in [0.3, 0.4) is 0 Å². The summed E-state index contributed by atoms with van der Waals surface area (Å²) in [5, 5.41) is 2.25. The summed E-state index contributed by atoms with van der Waals surface area (Å²) in [5.74, 6) is -0.480. The van der Waals surface area contributed by atoms with Crippen LogP contribution in [0.5, 0.6) is 11.5 Å². The van der Waals surface area contributed by atoms with Crippen molar-refractivity contribution in [3.05, 3.63) is 53.6 Å². The first kappa shape index (κ1) is 19.1. The Morgan fingerprint density at radius 1 is 0.935 bits per heavy atom. The molecule has 158 valence electrons. The second kappa shape index (κ2) is 7.77. The summed E-state index contributed by atoms with van der Waals surface area (Å²) in [4.78, 5) is 41.3. The number of para-hydroxylation sites is 1. The number of urea groups is 1. The van der Waals surface area contributed by atoms with Crippen LogP contribution in [-0.2, 0) is 14.3 Å². The van der Waals surface area contributed by atoms with Crippen molar-refractivity contribution in [3.63, 3.8) is 0 Å². The molecule has 5 rings (SSSR count). The third kappa shape index (κ3) is 3.49. The maximum atomic E-state index is 13.2. The molecule has 4 amide bonds. The first-order valence-corrected chi connectivity index (χ1v) is 9.84. The lowest BCUT2D eigenvalue weighted by Gasteiger charge is -2.30. The predicted octanol–water partition coefficient (Wildman–Crippen LogP) is 1.92. The minimum absolute atomic E-state index is 0.0703. The number of carbonyl (C=O) groups excluding carboxylic acids is 3. The average Bonchev–Trinajstić information content (AvgIpc) is 3.25. The van der Waals surface area contributed by atoms with E-state index < -0.39 is 17.8 Å². The van der Waals surface area contributed by atoms with E-state index in [1.54, 1.807) is 12.1 Å². The van der Waals surface area contributed by atoms with Crippen LogP contribution in [0.2, 0.25) is 0 Å². The van der Waals surface area contributed by atoms with Gasteiger partial charge in [0.2, 0.25) is 6.79 Å². The van der Waals surface area contributed by atoms with Crippen LogP contribution in [0.25, 0.3) is 6.08 Å². The predicted molar refractivity (Wildman–Crippen MR) is 111 cm³/mol. The van der Waals surface area contributed by atoms with Crippen LogP contribution in [0, 0.1) is 0 Å². The van der Waals surface area contributed by atoms with E-state index in [1.165, 1.54) is 12.1 Å². The maximum Gasteiger partial charge on any atom is 0.335 e. The minimum atomic E-state index is -0.813. The summed E-state index contributed by atoms with van der Waals surface area (Å²) < 4.78 is 16.0. The molecule has 2 aromatic rings. The van der Waals surface area contributed by atoms with E-state index in [4.69, 9.17) is 14.2 Å². The SMILES string of the molecule is O=C1NC(=O)N(c2ccc3c(c2)OCO3)C(=O)/C1=C\c1ccccc1N1CCOCC1. The minimum Gasteiger partial charge on any atom is -0.454 e. The number of amides is 4. The standard InChI is InChI=1S/C22H19N3O6/c26-20-16(11-14-3-1-2-4-17(14)24-7-9-29-10-8-24)21(27)25(22(28)23-20)15-5-6-18-19(12-15)31-13-30-18/h1-6,11-12H,7-10,13H2,(H,23,26,28)/b16-11-. The first-order chi connectivity index (χ1) is 15.1. The van der Waals surface area contributed by atoms with Crippen LogP contribution in [-0.4, -0.2) is 50.9 Å². The van der Waals surface area contributed by atoms with Crippen molar-refractivity contribution < 1.29 is 28.6 Å². The molecule has 3 aliphatic rings. The van der Waals surface area contributed by atoms with E-state index in [0.717, 1.165) is 10.6 Å². The van der Waals surface area contributed by atoms with Gasteiger partial charge >= 0.3 is 6.03 Å². The first-order valence-electron chi connectivity index (χ1n) is 9.84. The Hall–Kier alpha value is -3.85. The van der Waals surface area contributed by atoms with E-state index in [0.29, 0.717) is 43.4 Å². The summed E-state index contributed by atoms with van der Waals surface area (Å²) in [7, 11) is 0. The van der Waals surface area contributed by atoms with E-state index >= 15 is 0 Å². The highest BCUT2D eigenvalue weighted by molar-refractivity contribution is 6.39. The second-order valence-electron chi connectivity index (χ2n) is 7.15. The fraction of sp³-hybridized carbons (Fsp3) is 0.227. The Morgan fingerprint density at radius 3 is 2.55 bits per heavy atom. The van der Waals surface area contributed by atoms with Gasteiger partial charge in [0.1, 0.15) is 5.57 Å². The zero-order valence-electron chi connectivity index (χ0n) is 16.5. The molecule has 0 aromatic heterocycles. The highest BCUT2D eigenvalue weighted by atomic mass is 16.7. The molecule has 2 saturated heterocycles. The number of imide groups is 2. The quantitative estimate of drug-likeness (QED) is 0.597. The number of hydrogen-bond donors (Lipinski definition) is 1. The normalized spacial score (nSPS) is 19.7. The smallest absolute Gasteiger partial charge is 0.335 e. The molecule has 0 atom stereocenters. The number of hydrogen-bond acceptors (Lipinski definition) is 7. The van der Waals surface area contributed by atoms with Crippen molar-refractivity contribution in [2.24, 2.45) is 0 Å². The number of anilines is 2. The number of nitrogens with one attached hydrogen (secondary N) is 1. The van der Waals surface area contributed by atoms with Gasteiger partial charge in [-0.3, -0.25) is 14.9 Å². The fourth-order valence-corrected chi connectivity index (χ4v) is 3.77. The molecular formula is C22H19N3O6. The second-order valence-corrected chi connectivity index (χ2v) is 7.15. The summed E-state index contributed by atoms with van der Waals surface area (Å²) >= 11 is 0. The third-order valence-electron chi connectivity index (χ3n) is 5.30. The van der Waals surface area contributed by atoms with Gasteiger partial charge in [-0.1, -0.05) is 18.2 Å².